The van der Waals surface area contributed by atoms with Crippen molar-refractivity contribution >= 4 is 11.8 Å². The molecule has 2 heterocycles. The molecule has 4 nitrogen and oxygen atoms in total. The first-order chi connectivity index (χ1) is 12.5. The van der Waals surface area contributed by atoms with E-state index >= 15 is 0 Å². The predicted octanol–water partition coefficient (Wildman–Crippen LogP) is 4.40. The number of nitrogens with zero attached hydrogens (tertiary/aromatic N) is 3. The summed E-state index contributed by atoms with van der Waals surface area (Å²) in [6.07, 6.45) is -1.59. The van der Waals surface area contributed by atoms with Crippen LogP contribution in [0.5, 0.6) is 0 Å². The van der Waals surface area contributed by atoms with Crippen molar-refractivity contribution in [2.75, 3.05) is 0 Å². The van der Waals surface area contributed by atoms with Crippen LogP contribution in [-0.2, 0) is 17.4 Å². The molecule has 1 aromatic heterocycles. The maximum Gasteiger partial charge on any atom is 0.383 e. The number of aromatic nitrogens is 3. The van der Waals surface area contributed by atoms with E-state index in [2.05, 4.69) is 10.1 Å². The molecule has 4 rings (SSSR count). The van der Waals surface area contributed by atoms with Crippen LogP contribution in [0.3, 0.4) is 0 Å². The van der Waals surface area contributed by atoms with Crippen molar-refractivity contribution in [2.24, 2.45) is 0 Å². The lowest BCUT2D eigenvalue weighted by Crippen LogP contribution is -2.27. The minimum atomic E-state index is -3.50. The highest BCUT2D eigenvalue weighted by Gasteiger charge is 2.43. The van der Waals surface area contributed by atoms with Crippen molar-refractivity contribution in [3.05, 3.63) is 78.1 Å². The number of rotatable bonds is 5. The van der Waals surface area contributed by atoms with Gasteiger partial charge in [0.05, 0.1) is 17.4 Å². The summed E-state index contributed by atoms with van der Waals surface area (Å²) in [6.45, 7) is 0.316. The van der Waals surface area contributed by atoms with Gasteiger partial charge < -0.3 is 4.74 Å². The fraction of sp³-hybridized carbons (Fsp3) is 0.222. The molecule has 3 aromatic rings. The normalized spacial score (nSPS) is 19.5. The van der Waals surface area contributed by atoms with Crippen LogP contribution in [0.2, 0.25) is 0 Å². The highest BCUT2D eigenvalue weighted by Crippen LogP contribution is 2.50. The number of alkyl halides is 2. The highest BCUT2D eigenvalue weighted by atomic mass is 32.2. The van der Waals surface area contributed by atoms with E-state index in [0.717, 1.165) is 4.90 Å². The Bertz CT molecular complexity index is 890. The lowest BCUT2D eigenvalue weighted by atomic mass is 10.1. The van der Waals surface area contributed by atoms with Crippen LogP contribution < -0.4 is 0 Å². The molecule has 8 heteroatoms. The summed E-state index contributed by atoms with van der Waals surface area (Å²) in [6, 6.07) is 11.5. The summed E-state index contributed by atoms with van der Waals surface area (Å²) < 4.78 is 49.9. The predicted molar refractivity (Wildman–Crippen MR) is 90.2 cm³/mol. The molecule has 0 saturated heterocycles. The largest absolute Gasteiger partial charge is 0.383 e. The number of benzene rings is 2. The van der Waals surface area contributed by atoms with E-state index in [1.54, 1.807) is 16.8 Å². The molecule has 0 radical (unpaired) electrons. The van der Waals surface area contributed by atoms with Gasteiger partial charge in [0.2, 0.25) is 0 Å². The Morgan fingerprint density at radius 1 is 1.15 bits per heavy atom. The van der Waals surface area contributed by atoms with E-state index in [1.807, 2.05) is 0 Å². The fourth-order valence-corrected chi connectivity index (χ4v) is 4.25. The van der Waals surface area contributed by atoms with Crippen LogP contribution in [0, 0.1) is 5.82 Å². The molecule has 1 aliphatic rings. The molecule has 134 valence electrons. The second-order valence-corrected chi connectivity index (χ2v) is 7.16. The third-order valence-corrected chi connectivity index (χ3v) is 5.44. The fourth-order valence-electron chi connectivity index (χ4n) is 2.92. The molecule has 0 aliphatic carbocycles. The Kier molecular flexibility index (Phi) is 4.46. The molecule has 26 heavy (non-hydrogen) atoms. The van der Waals surface area contributed by atoms with Gasteiger partial charge in [-0.05, 0) is 23.8 Å². The third-order valence-electron chi connectivity index (χ3n) is 4.11. The SMILES string of the molecule is Fc1ccc2c(c1)[C@H](OC(F)(F)c1ccccc1)[C@H](Cn1cncn1)S2. The molecular formula is C18H14F3N3OS. The molecule has 0 fully saturated rings. The number of thioether (sulfide) groups is 1. The van der Waals surface area contributed by atoms with Gasteiger partial charge in [0.15, 0.2) is 0 Å². The average molecular weight is 377 g/mol. The first-order valence-corrected chi connectivity index (χ1v) is 8.80. The van der Waals surface area contributed by atoms with E-state index in [0.29, 0.717) is 12.1 Å². The van der Waals surface area contributed by atoms with Gasteiger partial charge in [-0.15, -0.1) is 11.8 Å². The molecule has 0 saturated carbocycles. The zero-order valence-electron chi connectivity index (χ0n) is 13.4. The minimum Gasteiger partial charge on any atom is -0.307 e. The second-order valence-electron chi connectivity index (χ2n) is 5.88. The van der Waals surface area contributed by atoms with Gasteiger partial charge in [0.25, 0.3) is 0 Å². The van der Waals surface area contributed by atoms with E-state index in [-0.39, 0.29) is 10.8 Å². The van der Waals surface area contributed by atoms with Crippen LogP contribution in [-0.4, -0.2) is 20.0 Å². The monoisotopic (exact) mass is 377 g/mol. The average Bonchev–Trinajstić information content (AvgIpc) is 3.25. The van der Waals surface area contributed by atoms with Gasteiger partial charge in [-0.25, -0.2) is 9.37 Å². The van der Waals surface area contributed by atoms with Gasteiger partial charge in [-0.1, -0.05) is 30.3 Å². The summed E-state index contributed by atoms with van der Waals surface area (Å²) in [5, 5.41) is 3.64. The first kappa shape index (κ1) is 17.1. The van der Waals surface area contributed by atoms with Crippen molar-refractivity contribution < 1.29 is 17.9 Å². The molecule has 0 bridgehead atoms. The minimum absolute atomic E-state index is 0.241. The van der Waals surface area contributed by atoms with Crippen LogP contribution >= 0.6 is 11.8 Å². The smallest absolute Gasteiger partial charge is 0.307 e. The number of halogens is 3. The Labute approximate surface area is 152 Å². The number of hydrogen-bond donors (Lipinski definition) is 0. The maximum atomic E-state index is 14.7. The lowest BCUT2D eigenvalue weighted by molar-refractivity contribution is -0.275. The number of fused-ring (bicyclic) bond motifs is 1. The Balaban J connectivity index is 1.66. The van der Waals surface area contributed by atoms with Crippen molar-refractivity contribution in [1.29, 1.82) is 0 Å². The van der Waals surface area contributed by atoms with E-state index in [1.165, 1.54) is 60.8 Å². The molecule has 2 atom stereocenters. The Hall–Kier alpha value is -2.32. The summed E-state index contributed by atoms with van der Waals surface area (Å²) >= 11 is 1.37. The molecule has 0 N–H and O–H groups in total. The van der Waals surface area contributed by atoms with Gasteiger partial charge >= 0.3 is 6.11 Å². The Morgan fingerprint density at radius 2 is 1.96 bits per heavy atom. The van der Waals surface area contributed by atoms with Crippen molar-refractivity contribution in [2.45, 2.75) is 28.9 Å². The number of hydrogen-bond acceptors (Lipinski definition) is 4. The Morgan fingerprint density at radius 3 is 2.69 bits per heavy atom. The lowest BCUT2D eigenvalue weighted by Gasteiger charge is -2.26. The van der Waals surface area contributed by atoms with Gasteiger partial charge in [-0.2, -0.15) is 13.9 Å². The topological polar surface area (TPSA) is 39.9 Å². The summed E-state index contributed by atoms with van der Waals surface area (Å²) in [5.74, 6) is -0.484. The van der Waals surface area contributed by atoms with Gasteiger partial charge in [0.1, 0.15) is 24.6 Å². The van der Waals surface area contributed by atoms with Crippen LogP contribution in [0.4, 0.5) is 13.2 Å². The highest BCUT2D eigenvalue weighted by molar-refractivity contribution is 8.00. The molecule has 2 aromatic carbocycles. The number of ether oxygens (including phenoxy) is 1. The van der Waals surface area contributed by atoms with E-state index in [4.69, 9.17) is 4.74 Å². The summed E-state index contributed by atoms with van der Waals surface area (Å²) in [4.78, 5) is 4.60. The van der Waals surface area contributed by atoms with Crippen molar-refractivity contribution in [3.63, 3.8) is 0 Å². The van der Waals surface area contributed by atoms with Crippen molar-refractivity contribution in [3.8, 4) is 0 Å². The standard InChI is InChI=1S/C18H14F3N3OS/c19-13-6-7-15-14(8-13)17(16(26-15)9-24-11-22-10-23-24)25-18(20,21)12-4-2-1-3-5-12/h1-8,10-11,16-17H,9H2/t16-,17-/m0/s1. The van der Waals surface area contributed by atoms with Crippen LogP contribution in [0.1, 0.15) is 17.2 Å². The maximum absolute atomic E-state index is 14.7. The molecular weight excluding hydrogens is 363 g/mol. The molecule has 1 aliphatic heterocycles. The van der Waals surface area contributed by atoms with Crippen LogP contribution in [0.25, 0.3) is 0 Å². The third kappa shape index (κ3) is 3.34. The molecule has 0 unspecified atom stereocenters. The van der Waals surface area contributed by atoms with Crippen molar-refractivity contribution in [1.82, 2.24) is 14.8 Å². The zero-order valence-corrected chi connectivity index (χ0v) is 14.2. The van der Waals surface area contributed by atoms with Gasteiger partial charge in [-0.3, -0.25) is 4.68 Å². The van der Waals surface area contributed by atoms with Crippen LogP contribution in [0.15, 0.2) is 66.1 Å². The van der Waals surface area contributed by atoms with Gasteiger partial charge in [0, 0.05) is 4.90 Å². The first-order valence-electron chi connectivity index (χ1n) is 7.92. The summed E-state index contributed by atoms with van der Waals surface area (Å²) in [7, 11) is 0. The van der Waals surface area contributed by atoms with E-state index in [9.17, 15) is 13.2 Å². The molecule has 0 amide bonds. The summed E-state index contributed by atoms with van der Waals surface area (Å²) in [5.41, 5.74) is 0.185. The zero-order chi connectivity index (χ0) is 18.1. The van der Waals surface area contributed by atoms with E-state index < -0.39 is 18.0 Å². The quantitative estimate of drug-likeness (QED) is 0.661. The molecule has 0 spiro atoms. The second kappa shape index (κ2) is 6.77.